The second kappa shape index (κ2) is 6.49. The maximum atomic E-state index is 12.9. The van der Waals surface area contributed by atoms with Crippen molar-refractivity contribution in [2.45, 2.75) is 37.9 Å². The molecule has 2 aromatic rings. The van der Waals surface area contributed by atoms with Crippen LogP contribution in [0.5, 0.6) is 0 Å². The Hall–Kier alpha value is -1.60. The number of carboxylic acid groups (broad SMARTS) is 1. The number of hydrogen-bond acceptors (Lipinski definition) is 5. The molecule has 0 spiro atoms. The van der Waals surface area contributed by atoms with Gasteiger partial charge >= 0.3 is 5.97 Å². The summed E-state index contributed by atoms with van der Waals surface area (Å²) < 4.78 is 1.54. The van der Waals surface area contributed by atoms with E-state index in [0.29, 0.717) is 17.6 Å². The molecule has 3 rings (SSSR count). The molecule has 1 aliphatic rings. The van der Waals surface area contributed by atoms with Crippen molar-refractivity contribution in [3.8, 4) is 0 Å². The fourth-order valence-corrected chi connectivity index (χ4v) is 5.08. The zero-order valence-electron chi connectivity index (χ0n) is 12.9. The quantitative estimate of drug-likeness (QED) is 0.510. The highest BCUT2D eigenvalue weighted by Gasteiger charge is 2.24. The number of aryl methyl sites for hydroxylation is 1. The normalized spacial score (nSPS) is 17.2. The fraction of sp³-hybridized carbons (Fsp3) is 0.438. The Bertz CT molecular complexity index is 838. The molecular weight excluding hydrogens is 332 g/mol. The summed E-state index contributed by atoms with van der Waals surface area (Å²) in [6.07, 6.45) is 4.65. The van der Waals surface area contributed by atoms with Crippen LogP contribution in [0.2, 0.25) is 0 Å². The van der Waals surface area contributed by atoms with Crippen molar-refractivity contribution in [3.05, 3.63) is 33.4 Å². The number of allylic oxidation sites excluding steroid dienone is 1. The van der Waals surface area contributed by atoms with Gasteiger partial charge in [0.15, 0.2) is 5.16 Å². The molecule has 0 aliphatic heterocycles. The molecule has 1 N–H and O–H groups in total. The SMILES string of the molecule is C=CCn1c(SCC(=O)O)nc2sc3c(c2c1=O)CC[C@H](C)C3. The molecule has 5 nitrogen and oxygen atoms in total. The van der Waals surface area contributed by atoms with Crippen molar-refractivity contribution in [1.29, 1.82) is 0 Å². The van der Waals surface area contributed by atoms with Crippen LogP contribution in [-0.2, 0) is 24.2 Å². The lowest BCUT2D eigenvalue weighted by molar-refractivity contribution is -0.133. The number of thiophene rings is 1. The molecule has 1 aliphatic carbocycles. The zero-order chi connectivity index (χ0) is 16.6. The molecule has 122 valence electrons. The topological polar surface area (TPSA) is 72.2 Å². The van der Waals surface area contributed by atoms with Crippen LogP contribution in [0.3, 0.4) is 0 Å². The van der Waals surface area contributed by atoms with Crippen molar-refractivity contribution in [1.82, 2.24) is 9.55 Å². The molecule has 0 amide bonds. The van der Waals surface area contributed by atoms with Gasteiger partial charge in [-0.05, 0) is 30.7 Å². The van der Waals surface area contributed by atoms with Gasteiger partial charge in [-0.3, -0.25) is 14.2 Å². The molecule has 7 heteroatoms. The Labute approximate surface area is 142 Å². The van der Waals surface area contributed by atoms with Crippen molar-refractivity contribution < 1.29 is 9.90 Å². The molecule has 23 heavy (non-hydrogen) atoms. The third-order valence-electron chi connectivity index (χ3n) is 4.02. The molecule has 0 aromatic carbocycles. The van der Waals surface area contributed by atoms with E-state index in [9.17, 15) is 9.59 Å². The van der Waals surface area contributed by atoms with Gasteiger partial charge in [0, 0.05) is 11.4 Å². The molecule has 0 unspecified atom stereocenters. The fourth-order valence-electron chi connectivity index (χ4n) is 2.93. The first-order chi connectivity index (χ1) is 11.0. The summed E-state index contributed by atoms with van der Waals surface area (Å²) in [5.74, 6) is -0.405. The van der Waals surface area contributed by atoms with Gasteiger partial charge in [-0.2, -0.15) is 0 Å². The van der Waals surface area contributed by atoms with Gasteiger partial charge in [0.2, 0.25) is 0 Å². The lowest BCUT2D eigenvalue weighted by atomic mass is 9.89. The molecule has 1 atom stereocenters. The Morgan fingerprint density at radius 1 is 1.61 bits per heavy atom. The van der Waals surface area contributed by atoms with E-state index in [2.05, 4.69) is 18.5 Å². The summed E-state index contributed by atoms with van der Waals surface area (Å²) in [5, 5.41) is 10.1. The molecular formula is C16H18N2O3S2. The minimum Gasteiger partial charge on any atom is -0.481 e. The Balaban J connectivity index is 2.17. The largest absolute Gasteiger partial charge is 0.481 e. The van der Waals surface area contributed by atoms with Crippen molar-refractivity contribution in [2.24, 2.45) is 5.92 Å². The molecule has 2 aromatic heterocycles. The highest BCUT2D eigenvalue weighted by molar-refractivity contribution is 7.99. The number of nitrogens with zero attached hydrogens (tertiary/aromatic N) is 2. The minimum atomic E-state index is -0.922. The minimum absolute atomic E-state index is 0.0742. The van der Waals surface area contributed by atoms with E-state index in [4.69, 9.17) is 5.11 Å². The van der Waals surface area contributed by atoms with Gasteiger partial charge < -0.3 is 5.11 Å². The van der Waals surface area contributed by atoms with Gasteiger partial charge in [0.1, 0.15) is 4.83 Å². The number of rotatable bonds is 5. The van der Waals surface area contributed by atoms with E-state index in [0.717, 1.165) is 46.8 Å². The van der Waals surface area contributed by atoms with Crippen LogP contribution in [-0.4, -0.2) is 26.4 Å². The van der Waals surface area contributed by atoms with Crippen LogP contribution in [0.25, 0.3) is 10.2 Å². The van der Waals surface area contributed by atoms with Crippen LogP contribution in [0.15, 0.2) is 22.6 Å². The first-order valence-corrected chi connectivity index (χ1v) is 9.32. The lowest BCUT2D eigenvalue weighted by Crippen LogP contribution is -2.24. The number of thioether (sulfide) groups is 1. The zero-order valence-corrected chi connectivity index (χ0v) is 14.5. The average molecular weight is 350 g/mol. The van der Waals surface area contributed by atoms with Gasteiger partial charge in [0.25, 0.3) is 5.56 Å². The maximum Gasteiger partial charge on any atom is 0.313 e. The molecule has 0 saturated carbocycles. The van der Waals surface area contributed by atoms with Crippen LogP contribution < -0.4 is 5.56 Å². The molecule has 0 fully saturated rings. The van der Waals surface area contributed by atoms with Gasteiger partial charge in [-0.25, -0.2) is 4.98 Å². The van der Waals surface area contributed by atoms with Crippen molar-refractivity contribution in [2.75, 3.05) is 5.75 Å². The predicted molar refractivity (Wildman–Crippen MR) is 93.6 cm³/mol. The third-order valence-corrected chi connectivity index (χ3v) is 6.13. The van der Waals surface area contributed by atoms with E-state index in [-0.39, 0.29) is 11.3 Å². The average Bonchev–Trinajstić information content (AvgIpc) is 2.85. The summed E-state index contributed by atoms with van der Waals surface area (Å²) in [6.45, 7) is 6.25. The first-order valence-electron chi connectivity index (χ1n) is 7.51. The number of aromatic nitrogens is 2. The molecule has 0 radical (unpaired) electrons. The van der Waals surface area contributed by atoms with Gasteiger partial charge in [0.05, 0.1) is 11.1 Å². The van der Waals surface area contributed by atoms with Crippen LogP contribution in [0.1, 0.15) is 23.8 Å². The molecule has 0 bridgehead atoms. The Morgan fingerprint density at radius 3 is 3.09 bits per heavy atom. The summed E-state index contributed by atoms with van der Waals surface area (Å²) in [5.41, 5.74) is 1.07. The number of aliphatic carboxylic acids is 1. The van der Waals surface area contributed by atoms with Gasteiger partial charge in [-0.1, -0.05) is 24.8 Å². The predicted octanol–water partition coefficient (Wildman–Crippen LogP) is 2.95. The second-order valence-corrected chi connectivity index (χ2v) is 7.84. The highest BCUT2D eigenvalue weighted by atomic mass is 32.2. The Kier molecular flexibility index (Phi) is 4.59. The summed E-state index contributed by atoms with van der Waals surface area (Å²) >= 11 is 2.66. The number of fused-ring (bicyclic) bond motifs is 3. The Morgan fingerprint density at radius 2 is 2.39 bits per heavy atom. The van der Waals surface area contributed by atoms with Crippen molar-refractivity contribution in [3.63, 3.8) is 0 Å². The second-order valence-electron chi connectivity index (χ2n) is 5.81. The van der Waals surface area contributed by atoms with E-state index in [1.54, 1.807) is 17.4 Å². The van der Waals surface area contributed by atoms with E-state index in [1.807, 2.05) is 0 Å². The monoisotopic (exact) mass is 350 g/mol. The standard InChI is InChI=1S/C16H18N2O3S2/c1-3-6-18-15(21)13-10-5-4-9(2)7-11(10)23-14(13)17-16(18)22-8-12(19)20/h3,9H,1,4-8H2,2H3,(H,19,20)/t9-/m0/s1. The van der Waals surface area contributed by atoms with Crippen LogP contribution >= 0.6 is 23.1 Å². The van der Waals surface area contributed by atoms with E-state index < -0.39 is 5.97 Å². The van der Waals surface area contributed by atoms with Crippen LogP contribution in [0.4, 0.5) is 0 Å². The number of carboxylic acids is 1. The third kappa shape index (κ3) is 3.07. The van der Waals surface area contributed by atoms with Crippen LogP contribution in [0, 0.1) is 5.92 Å². The highest BCUT2D eigenvalue weighted by Crippen LogP contribution is 2.36. The smallest absolute Gasteiger partial charge is 0.313 e. The van der Waals surface area contributed by atoms with Crippen molar-refractivity contribution >= 4 is 39.3 Å². The van der Waals surface area contributed by atoms with Gasteiger partial charge in [-0.15, -0.1) is 17.9 Å². The van der Waals surface area contributed by atoms with E-state index in [1.165, 1.54) is 9.44 Å². The molecule has 2 heterocycles. The summed E-state index contributed by atoms with van der Waals surface area (Å²) in [6, 6.07) is 0. The summed E-state index contributed by atoms with van der Waals surface area (Å²) in [7, 11) is 0. The molecule has 0 saturated heterocycles. The number of carbonyl (C=O) groups is 1. The first kappa shape index (κ1) is 16.3. The summed E-state index contributed by atoms with van der Waals surface area (Å²) in [4.78, 5) is 30.3. The number of hydrogen-bond donors (Lipinski definition) is 1. The lowest BCUT2D eigenvalue weighted by Gasteiger charge is -2.17. The van der Waals surface area contributed by atoms with E-state index >= 15 is 0 Å². The maximum absolute atomic E-state index is 12.9.